The Morgan fingerprint density at radius 1 is 0.339 bits per heavy atom. The van der Waals surface area contributed by atoms with E-state index in [9.17, 15) is 0 Å². The van der Waals surface area contributed by atoms with E-state index in [1.807, 2.05) is 0 Å². The number of hydrogen-bond donors (Lipinski definition) is 0. The summed E-state index contributed by atoms with van der Waals surface area (Å²) in [6, 6.07) is 73.3. The first-order valence-electron chi connectivity index (χ1n) is 21.4. The summed E-state index contributed by atoms with van der Waals surface area (Å²) in [5, 5.41) is 9.23. The van der Waals surface area contributed by atoms with E-state index in [0.29, 0.717) is 0 Å². The summed E-state index contributed by atoms with van der Waals surface area (Å²) < 4.78 is 16.5. The Hall–Kier alpha value is -8.14. The Kier molecular flexibility index (Phi) is 6.10. The lowest BCUT2D eigenvalue weighted by molar-refractivity contribution is 0.669. The minimum atomic E-state index is -0.605. The summed E-state index contributed by atoms with van der Waals surface area (Å²) in [4.78, 5) is 0. The van der Waals surface area contributed by atoms with E-state index in [0.717, 1.165) is 71.5 Å². The second kappa shape index (κ2) is 11.6. The number of para-hydroxylation sites is 3. The molecule has 3 nitrogen and oxygen atoms in total. The molecule has 0 saturated heterocycles. The predicted octanol–water partition coefficient (Wildman–Crippen LogP) is 15.7. The topological polar surface area (TPSA) is 31.2 Å². The molecule has 0 aliphatic heterocycles. The van der Waals surface area contributed by atoms with Gasteiger partial charge in [0.15, 0.2) is 0 Å². The highest BCUT2D eigenvalue weighted by Crippen LogP contribution is 2.67. The van der Waals surface area contributed by atoms with Gasteiger partial charge in [-0.2, -0.15) is 0 Å². The Bertz CT molecular complexity index is 4060. The minimum absolute atomic E-state index is 0.605. The van der Waals surface area contributed by atoms with Gasteiger partial charge in [0, 0.05) is 49.0 Å². The van der Waals surface area contributed by atoms with Gasteiger partial charge in [0.05, 0.1) is 16.4 Å². The van der Waals surface area contributed by atoms with Crippen molar-refractivity contribution in [1.82, 2.24) is 4.57 Å². The van der Waals surface area contributed by atoms with E-state index in [-0.39, 0.29) is 0 Å². The summed E-state index contributed by atoms with van der Waals surface area (Å²) >= 11 is 0. The maximum atomic E-state index is 7.21. The second-order valence-electron chi connectivity index (χ2n) is 17.0. The molecular formula is C59H33NO2. The monoisotopic (exact) mass is 787 g/mol. The van der Waals surface area contributed by atoms with Crippen molar-refractivity contribution in [3.05, 3.63) is 222 Å². The molecule has 62 heavy (non-hydrogen) atoms. The highest BCUT2D eigenvalue weighted by Gasteiger charge is 2.53. The van der Waals surface area contributed by atoms with E-state index in [4.69, 9.17) is 8.83 Å². The third kappa shape index (κ3) is 3.84. The van der Waals surface area contributed by atoms with Gasteiger partial charge < -0.3 is 13.4 Å². The summed E-state index contributed by atoms with van der Waals surface area (Å²) in [6.07, 6.45) is 0. The zero-order valence-electron chi connectivity index (χ0n) is 33.3. The molecule has 3 heteroatoms. The first-order valence-corrected chi connectivity index (χ1v) is 21.4. The third-order valence-corrected chi connectivity index (χ3v) is 14.2. The zero-order valence-corrected chi connectivity index (χ0v) is 33.3. The number of aromatic nitrogens is 1. The van der Waals surface area contributed by atoms with E-state index >= 15 is 0 Å². The van der Waals surface area contributed by atoms with E-state index in [1.165, 1.54) is 66.3 Å². The van der Waals surface area contributed by atoms with Crippen molar-refractivity contribution in [2.45, 2.75) is 5.41 Å². The molecule has 15 rings (SSSR count). The van der Waals surface area contributed by atoms with E-state index in [1.54, 1.807) is 0 Å². The molecule has 0 atom stereocenters. The molecule has 0 amide bonds. The van der Waals surface area contributed by atoms with Crippen LogP contribution in [0.15, 0.2) is 209 Å². The van der Waals surface area contributed by atoms with Crippen LogP contribution in [0, 0.1) is 0 Å². The fourth-order valence-electron chi connectivity index (χ4n) is 11.9. The molecule has 3 aromatic heterocycles. The molecule has 0 N–H and O–H groups in total. The smallest absolute Gasteiger partial charge is 0.143 e. The molecule has 0 saturated carbocycles. The number of furan rings is 2. The molecule has 0 unspecified atom stereocenters. The average Bonchev–Trinajstić information content (AvgIpc) is 4.13. The first kappa shape index (κ1) is 32.7. The van der Waals surface area contributed by atoms with Gasteiger partial charge in [-0.15, -0.1) is 0 Å². The van der Waals surface area contributed by atoms with Crippen molar-refractivity contribution in [1.29, 1.82) is 0 Å². The van der Waals surface area contributed by atoms with Crippen molar-refractivity contribution in [2.24, 2.45) is 0 Å². The molecule has 2 aliphatic rings. The summed E-state index contributed by atoms with van der Waals surface area (Å²) in [5.74, 6) is 0. The molecule has 1 spiro atoms. The molecular weight excluding hydrogens is 755 g/mol. The lowest BCUT2D eigenvalue weighted by atomic mass is 9.70. The van der Waals surface area contributed by atoms with Crippen LogP contribution in [0.3, 0.4) is 0 Å². The molecule has 0 radical (unpaired) electrons. The third-order valence-electron chi connectivity index (χ3n) is 14.2. The Morgan fingerprint density at radius 2 is 0.984 bits per heavy atom. The van der Waals surface area contributed by atoms with Gasteiger partial charge in [0.1, 0.15) is 22.3 Å². The van der Waals surface area contributed by atoms with Gasteiger partial charge in [0.25, 0.3) is 0 Å². The van der Waals surface area contributed by atoms with E-state index < -0.39 is 5.41 Å². The number of nitrogens with zero attached hydrogens (tertiary/aromatic N) is 1. The van der Waals surface area contributed by atoms with Crippen molar-refractivity contribution in [3.8, 4) is 39.1 Å². The Labute approximate surface area is 355 Å². The van der Waals surface area contributed by atoms with Crippen LogP contribution in [0.1, 0.15) is 22.3 Å². The van der Waals surface area contributed by atoms with Crippen LogP contribution in [0.4, 0.5) is 0 Å². The zero-order chi connectivity index (χ0) is 40.3. The van der Waals surface area contributed by atoms with Gasteiger partial charge in [-0.3, -0.25) is 0 Å². The quantitative estimate of drug-likeness (QED) is 0.175. The lowest BCUT2D eigenvalue weighted by Crippen LogP contribution is -2.26. The Balaban J connectivity index is 1.18. The molecule has 2 aliphatic carbocycles. The fraction of sp³-hybridized carbons (Fsp3) is 0.0169. The summed E-state index contributed by atoms with van der Waals surface area (Å²) in [7, 11) is 0. The van der Waals surface area contributed by atoms with Gasteiger partial charge >= 0.3 is 0 Å². The molecule has 0 fully saturated rings. The van der Waals surface area contributed by atoms with Crippen LogP contribution in [0.5, 0.6) is 0 Å². The maximum absolute atomic E-state index is 7.21. The summed E-state index contributed by atoms with van der Waals surface area (Å²) in [6.45, 7) is 0. The molecule has 10 aromatic carbocycles. The first-order chi connectivity index (χ1) is 30.8. The van der Waals surface area contributed by atoms with Crippen LogP contribution in [-0.4, -0.2) is 4.57 Å². The van der Waals surface area contributed by atoms with Crippen LogP contribution >= 0.6 is 0 Å². The maximum Gasteiger partial charge on any atom is 0.143 e. The Morgan fingerprint density at radius 3 is 1.82 bits per heavy atom. The largest absolute Gasteiger partial charge is 0.455 e. The summed E-state index contributed by atoms with van der Waals surface area (Å²) in [5.41, 5.74) is 18.9. The number of hydrogen-bond acceptors (Lipinski definition) is 2. The normalized spacial score (nSPS) is 13.6. The van der Waals surface area contributed by atoms with Crippen molar-refractivity contribution >= 4 is 76.5 Å². The van der Waals surface area contributed by atoms with E-state index in [2.05, 4.69) is 205 Å². The van der Waals surface area contributed by atoms with Gasteiger partial charge in [-0.25, -0.2) is 0 Å². The minimum Gasteiger partial charge on any atom is -0.455 e. The highest BCUT2D eigenvalue weighted by atomic mass is 16.3. The van der Waals surface area contributed by atoms with Crippen molar-refractivity contribution in [3.63, 3.8) is 0 Å². The fourth-order valence-corrected chi connectivity index (χ4v) is 11.9. The standard InChI is InChI=1S/C59H33NO2/c1-2-16-35(17-3-1)60-48-26-12-8-21-40(48)53-49(60)32-31-46-55(53)56-47(59(46)44-24-10-6-19-37(44)38-20-7-11-25-45(38)59)33-43(58-54(56)41-22-9-13-27-50(41)61-58)39-23-14-28-51-52(39)42-30-29-34-15-4-5-18-36(34)57(42)62-51/h1-33H. The van der Waals surface area contributed by atoms with Gasteiger partial charge in [-0.1, -0.05) is 152 Å². The molecule has 3 heterocycles. The molecule has 13 aromatic rings. The predicted molar refractivity (Wildman–Crippen MR) is 255 cm³/mol. The molecule has 0 bridgehead atoms. The van der Waals surface area contributed by atoms with Crippen LogP contribution in [0.25, 0.3) is 116 Å². The van der Waals surface area contributed by atoms with Gasteiger partial charge in [-0.05, 0) is 104 Å². The second-order valence-corrected chi connectivity index (χ2v) is 17.0. The molecule has 286 valence electrons. The van der Waals surface area contributed by atoms with Crippen molar-refractivity contribution in [2.75, 3.05) is 0 Å². The average molecular weight is 788 g/mol. The highest BCUT2D eigenvalue weighted by molar-refractivity contribution is 6.28. The van der Waals surface area contributed by atoms with Crippen LogP contribution in [0.2, 0.25) is 0 Å². The van der Waals surface area contributed by atoms with Gasteiger partial charge in [0.2, 0.25) is 0 Å². The van der Waals surface area contributed by atoms with Crippen LogP contribution < -0.4 is 0 Å². The van der Waals surface area contributed by atoms with Crippen LogP contribution in [-0.2, 0) is 5.41 Å². The number of benzene rings is 10. The SMILES string of the molecule is c1ccc(-n2c3ccccc3c3c4c(ccc32)C2(c3ccccc3-c3ccccc32)c2cc(-c3cccc5oc6c7ccccc7ccc6c35)c3oc5ccccc5c3c2-4)cc1. The van der Waals surface area contributed by atoms with Crippen molar-refractivity contribution < 1.29 is 8.83 Å². The number of rotatable bonds is 2. The number of fused-ring (bicyclic) bond motifs is 23. The lowest BCUT2D eigenvalue weighted by Gasteiger charge is -2.31.